The average Bonchev–Trinajstić information content (AvgIpc) is 2.63. The zero-order chi connectivity index (χ0) is 16.9. The van der Waals surface area contributed by atoms with E-state index in [-0.39, 0.29) is 11.9 Å². The van der Waals surface area contributed by atoms with E-state index in [9.17, 15) is 4.79 Å². The third-order valence-corrected chi connectivity index (χ3v) is 4.18. The lowest BCUT2D eigenvalue weighted by molar-refractivity contribution is -0.119. The maximum Gasteiger partial charge on any atom is 0.249 e. The van der Waals surface area contributed by atoms with Crippen LogP contribution in [-0.2, 0) is 4.79 Å². The van der Waals surface area contributed by atoms with E-state index in [0.717, 1.165) is 22.1 Å². The van der Waals surface area contributed by atoms with Crippen molar-refractivity contribution in [3.8, 4) is 0 Å². The number of carbonyl (C=O) groups is 1. The third-order valence-electron chi connectivity index (χ3n) is 4.18. The Hall–Kier alpha value is -2.81. The highest BCUT2D eigenvalue weighted by Crippen LogP contribution is 2.24. The molecule has 3 nitrogen and oxygen atoms in total. The van der Waals surface area contributed by atoms with Gasteiger partial charge in [0.25, 0.3) is 0 Å². The van der Waals surface area contributed by atoms with Gasteiger partial charge in [-0.05, 0) is 37.4 Å². The Labute approximate surface area is 142 Å². The first-order valence-electron chi connectivity index (χ1n) is 8.31. The monoisotopic (exact) mass is 318 g/mol. The van der Waals surface area contributed by atoms with Gasteiger partial charge in [-0.3, -0.25) is 4.79 Å². The molecule has 3 heteroatoms. The number of amides is 1. The second kappa shape index (κ2) is 7.18. The predicted molar refractivity (Wildman–Crippen MR) is 102 cm³/mol. The first-order chi connectivity index (χ1) is 11.7. The highest BCUT2D eigenvalue weighted by atomic mass is 16.2. The number of fused-ring (bicyclic) bond motifs is 1. The molecule has 0 aromatic heterocycles. The fourth-order valence-corrected chi connectivity index (χ4v) is 2.95. The van der Waals surface area contributed by atoms with Gasteiger partial charge in [0.2, 0.25) is 5.91 Å². The molecule has 0 aliphatic heterocycles. The van der Waals surface area contributed by atoms with Gasteiger partial charge in [0.05, 0.1) is 0 Å². The fourth-order valence-electron chi connectivity index (χ4n) is 2.95. The molecule has 1 amide bonds. The van der Waals surface area contributed by atoms with E-state index < -0.39 is 0 Å². The summed E-state index contributed by atoms with van der Waals surface area (Å²) in [5.74, 6) is 0.0663. The van der Waals surface area contributed by atoms with Crippen molar-refractivity contribution in [1.82, 2.24) is 0 Å². The van der Waals surface area contributed by atoms with E-state index in [1.807, 2.05) is 73.3 Å². The molecule has 0 spiro atoms. The number of carbonyl (C=O) groups excluding carboxylic acids is 1. The molecule has 3 aromatic rings. The van der Waals surface area contributed by atoms with Crippen LogP contribution in [0.4, 0.5) is 11.4 Å². The number of likely N-dealkylation sites (N-methyl/N-ethyl adjacent to an activating group) is 1. The average molecular weight is 318 g/mol. The van der Waals surface area contributed by atoms with Crippen LogP contribution >= 0.6 is 0 Å². The van der Waals surface area contributed by atoms with E-state index >= 15 is 0 Å². The lowest BCUT2D eigenvalue weighted by Crippen LogP contribution is -2.41. The minimum absolute atomic E-state index is 0.0663. The smallest absolute Gasteiger partial charge is 0.249 e. The summed E-state index contributed by atoms with van der Waals surface area (Å²) in [6, 6.07) is 23.8. The highest BCUT2D eigenvalue weighted by molar-refractivity contribution is 6.00. The zero-order valence-corrected chi connectivity index (χ0v) is 14.1. The van der Waals surface area contributed by atoms with Crippen LogP contribution in [0.25, 0.3) is 10.8 Å². The molecular formula is C21H22N2O. The summed E-state index contributed by atoms with van der Waals surface area (Å²) >= 11 is 0. The number of hydrogen-bond donors (Lipinski definition) is 1. The number of anilines is 2. The van der Waals surface area contributed by atoms with Crippen molar-refractivity contribution in [3.63, 3.8) is 0 Å². The summed E-state index contributed by atoms with van der Waals surface area (Å²) in [5.41, 5.74) is 1.91. The molecule has 0 saturated heterocycles. The molecule has 1 atom stereocenters. The number of para-hydroxylation sites is 1. The quantitative estimate of drug-likeness (QED) is 0.740. The van der Waals surface area contributed by atoms with Crippen LogP contribution in [0.3, 0.4) is 0 Å². The molecule has 0 aliphatic rings. The first-order valence-corrected chi connectivity index (χ1v) is 8.31. The van der Waals surface area contributed by atoms with Gasteiger partial charge in [-0.2, -0.15) is 0 Å². The van der Waals surface area contributed by atoms with Crippen LogP contribution in [0, 0.1) is 0 Å². The Morgan fingerprint density at radius 3 is 2.38 bits per heavy atom. The first kappa shape index (κ1) is 16.1. The number of hydrogen-bond acceptors (Lipinski definition) is 2. The Morgan fingerprint density at radius 2 is 1.62 bits per heavy atom. The largest absolute Gasteiger partial charge is 0.373 e. The van der Waals surface area contributed by atoms with Gasteiger partial charge in [0, 0.05) is 23.3 Å². The van der Waals surface area contributed by atoms with Crippen LogP contribution in [0.5, 0.6) is 0 Å². The van der Waals surface area contributed by atoms with E-state index in [1.54, 1.807) is 0 Å². The number of rotatable bonds is 5. The summed E-state index contributed by atoms with van der Waals surface area (Å²) in [6.07, 6.45) is 0. The van der Waals surface area contributed by atoms with Gasteiger partial charge in [0.1, 0.15) is 6.04 Å². The van der Waals surface area contributed by atoms with Gasteiger partial charge in [-0.25, -0.2) is 0 Å². The Bertz CT molecular complexity index is 824. The Kier molecular flexibility index (Phi) is 4.80. The molecule has 0 saturated carbocycles. The van der Waals surface area contributed by atoms with Gasteiger partial charge >= 0.3 is 0 Å². The highest BCUT2D eigenvalue weighted by Gasteiger charge is 2.20. The van der Waals surface area contributed by atoms with Gasteiger partial charge < -0.3 is 10.2 Å². The van der Waals surface area contributed by atoms with E-state index in [4.69, 9.17) is 0 Å². The minimum atomic E-state index is -0.309. The summed E-state index contributed by atoms with van der Waals surface area (Å²) in [5, 5.41) is 5.67. The van der Waals surface area contributed by atoms with Gasteiger partial charge in [-0.15, -0.1) is 0 Å². The van der Waals surface area contributed by atoms with Crippen molar-refractivity contribution in [2.45, 2.75) is 19.9 Å². The summed E-state index contributed by atoms with van der Waals surface area (Å²) in [4.78, 5) is 14.7. The van der Waals surface area contributed by atoms with Crippen LogP contribution in [0.15, 0.2) is 72.8 Å². The van der Waals surface area contributed by atoms with Crippen LogP contribution < -0.4 is 10.2 Å². The predicted octanol–water partition coefficient (Wildman–Crippen LogP) is 4.69. The molecule has 3 aromatic carbocycles. The Morgan fingerprint density at radius 1 is 0.958 bits per heavy atom. The van der Waals surface area contributed by atoms with E-state index in [2.05, 4.69) is 23.5 Å². The molecule has 122 valence electrons. The standard InChI is InChI=1S/C21H22N2O/c1-3-23(18-12-5-4-6-13-18)21(24)16(2)22-20-15-9-11-17-10-7-8-14-19(17)20/h4-16,22H,3H2,1-2H3/t16-/m0/s1. The zero-order valence-electron chi connectivity index (χ0n) is 14.1. The van der Waals surface area contributed by atoms with Crippen LogP contribution in [0.1, 0.15) is 13.8 Å². The topological polar surface area (TPSA) is 32.3 Å². The molecule has 24 heavy (non-hydrogen) atoms. The van der Waals surface area contributed by atoms with Gasteiger partial charge in [-0.1, -0.05) is 54.6 Å². The van der Waals surface area contributed by atoms with E-state index in [0.29, 0.717) is 6.54 Å². The SMILES string of the molecule is CCN(C(=O)[C@H](C)Nc1cccc2ccccc12)c1ccccc1. The van der Waals surface area contributed by atoms with Crippen molar-refractivity contribution in [2.75, 3.05) is 16.8 Å². The summed E-state index contributed by atoms with van der Waals surface area (Å²) in [7, 11) is 0. The van der Waals surface area contributed by atoms with E-state index in [1.165, 1.54) is 0 Å². The number of benzene rings is 3. The molecule has 0 bridgehead atoms. The third kappa shape index (κ3) is 3.25. The molecule has 0 aliphatic carbocycles. The lowest BCUT2D eigenvalue weighted by atomic mass is 10.1. The Balaban J connectivity index is 1.83. The van der Waals surface area contributed by atoms with Crippen molar-refractivity contribution in [3.05, 3.63) is 72.8 Å². The maximum absolute atomic E-state index is 12.9. The van der Waals surface area contributed by atoms with Crippen molar-refractivity contribution in [1.29, 1.82) is 0 Å². The minimum Gasteiger partial charge on any atom is -0.373 e. The molecule has 0 radical (unpaired) electrons. The normalized spacial score (nSPS) is 11.9. The second-order valence-corrected chi connectivity index (χ2v) is 5.81. The van der Waals surface area contributed by atoms with Crippen molar-refractivity contribution < 1.29 is 4.79 Å². The molecule has 0 fully saturated rings. The molecular weight excluding hydrogens is 296 g/mol. The van der Waals surface area contributed by atoms with Crippen molar-refractivity contribution in [2.24, 2.45) is 0 Å². The van der Waals surface area contributed by atoms with Crippen molar-refractivity contribution >= 4 is 28.1 Å². The summed E-state index contributed by atoms with van der Waals surface area (Å²) in [6.45, 7) is 4.55. The number of nitrogens with zero attached hydrogens (tertiary/aromatic N) is 1. The number of nitrogens with one attached hydrogen (secondary N) is 1. The second-order valence-electron chi connectivity index (χ2n) is 5.81. The fraction of sp³-hybridized carbons (Fsp3) is 0.190. The van der Waals surface area contributed by atoms with Gasteiger partial charge in [0.15, 0.2) is 0 Å². The molecule has 1 N–H and O–H groups in total. The molecule has 3 rings (SSSR count). The lowest BCUT2D eigenvalue weighted by Gasteiger charge is -2.26. The maximum atomic E-state index is 12.9. The van der Waals surface area contributed by atoms with Crippen LogP contribution in [0.2, 0.25) is 0 Å². The summed E-state index contributed by atoms with van der Waals surface area (Å²) < 4.78 is 0. The molecule has 0 heterocycles. The molecule has 0 unspecified atom stereocenters. The van der Waals surface area contributed by atoms with Crippen LogP contribution in [-0.4, -0.2) is 18.5 Å².